The molecule has 0 radical (unpaired) electrons. The van der Waals surface area contributed by atoms with Gasteiger partial charge in [-0.1, -0.05) is 94.7 Å². The maximum absolute atomic E-state index is 12.8. The summed E-state index contributed by atoms with van der Waals surface area (Å²) < 4.78 is 12.4. The third kappa shape index (κ3) is 7.16. The molecule has 1 aliphatic carbocycles. The first-order valence-electron chi connectivity index (χ1n) is 13.3. The highest BCUT2D eigenvalue weighted by molar-refractivity contribution is 6.82. The Balaban J connectivity index is 2.35. The van der Waals surface area contributed by atoms with Gasteiger partial charge in [-0.15, -0.1) is 0 Å². The fourth-order valence-electron chi connectivity index (χ4n) is 6.05. The van der Waals surface area contributed by atoms with Crippen LogP contribution in [0.15, 0.2) is 41.6 Å². The summed E-state index contributed by atoms with van der Waals surface area (Å²) in [6.45, 7) is 22.4. The zero-order valence-electron chi connectivity index (χ0n) is 23.7. The molecule has 0 amide bonds. The first-order valence-corrected chi connectivity index (χ1v) is 20.3. The SMILES string of the molecule is COC([C@@]1(O)C([C@@H](C)COCc2ccccc2)CC[C@@H](C)[C@@H]1C/C=C(\C)[Si](C)(C)C)[Si](C)(C)C. The van der Waals surface area contributed by atoms with Crippen molar-refractivity contribution < 1.29 is 14.6 Å². The molecule has 1 saturated carbocycles. The van der Waals surface area contributed by atoms with E-state index in [1.165, 1.54) is 10.8 Å². The lowest BCUT2D eigenvalue weighted by atomic mass is 9.59. The standard InChI is InChI=1S/C29H52O3Si2/c1-22-16-18-27(23(2)20-32-21-25-14-12-11-13-15-25)29(30,28(31-4)34(8,9)10)26(22)19-17-24(3)33(5,6)7/h11-15,17,22-23,26-28,30H,16,18-21H2,1-10H3/b24-17+/t22-,23+,26+,27?,28?,29+/m1/s1. The summed E-state index contributed by atoms with van der Waals surface area (Å²) in [7, 11) is -1.33. The molecule has 0 aliphatic heterocycles. The number of ether oxygens (including phenoxy) is 2. The van der Waals surface area contributed by atoms with Crippen LogP contribution in [0.3, 0.4) is 0 Å². The Morgan fingerprint density at radius 1 is 1.12 bits per heavy atom. The van der Waals surface area contributed by atoms with Gasteiger partial charge >= 0.3 is 0 Å². The van der Waals surface area contributed by atoms with Gasteiger partial charge in [0.1, 0.15) is 0 Å². The summed E-state index contributed by atoms with van der Waals surface area (Å²) in [4.78, 5) is 0. The van der Waals surface area contributed by atoms with E-state index in [0.717, 1.165) is 19.3 Å². The Kier molecular flexibility index (Phi) is 10.4. The Hall–Kier alpha value is -0.726. The van der Waals surface area contributed by atoms with Crippen LogP contribution in [0.4, 0.5) is 0 Å². The fourth-order valence-corrected chi connectivity index (χ4v) is 9.31. The summed E-state index contributed by atoms with van der Waals surface area (Å²) in [5, 5.41) is 14.3. The van der Waals surface area contributed by atoms with Crippen molar-refractivity contribution in [3.8, 4) is 0 Å². The highest BCUT2D eigenvalue weighted by Gasteiger charge is 2.58. The first kappa shape index (κ1) is 29.5. The zero-order chi connectivity index (χ0) is 25.7. The van der Waals surface area contributed by atoms with Crippen LogP contribution < -0.4 is 0 Å². The van der Waals surface area contributed by atoms with Crippen LogP contribution in [0.5, 0.6) is 0 Å². The molecule has 1 aromatic carbocycles. The summed E-state index contributed by atoms with van der Waals surface area (Å²) in [5.74, 6) is 1.10. The summed E-state index contributed by atoms with van der Waals surface area (Å²) in [6.07, 6.45) is 5.58. The molecule has 1 fully saturated rings. The van der Waals surface area contributed by atoms with E-state index >= 15 is 0 Å². The van der Waals surface area contributed by atoms with Crippen LogP contribution in [0.1, 0.15) is 45.6 Å². The number of rotatable bonds is 11. The van der Waals surface area contributed by atoms with Gasteiger partial charge in [-0.05, 0) is 55.4 Å². The van der Waals surface area contributed by atoms with Crippen molar-refractivity contribution in [1.82, 2.24) is 0 Å². The molecule has 1 aliphatic rings. The van der Waals surface area contributed by atoms with Crippen molar-refractivity contribution in [2.45, 2.75) is 97.3 Å². The molecule has 3 nitrogen and oxygen atoms in total. The van der Waals surface area contributed by atoms with Crippen LogP contribution in [0.25, 0.3) is 0 Å². The molecule has 194 valence electrons. The normalized spacial score (nSPS) is 28.6. The molecule has 1 N–H and O–H groups in total. The molecule has 1 aromatic rings. The van der Waals surface area contributed by atoms with E-state index < -0.39 is 21.7 Å². The highest BCUT2D eigenvalue weighted by Crippen LogP contribution is 2.51. The van der Waals surface area contributed by atoms with Gasteiger partial charge in [-0.2, -0.15) is 0 Å². The van der Waals surface area contributed by atoms with E-state index in [-0.39, 0.29) is 23.5 Å². The Morgan fingerprint density at radius 2 is 1.74 bits per heavy atom. The number of methoxy groups -OCH3 is 1. The predicted molar refractivity (Wildman–Crippen MR) is 151 cm³/mol. The zero-order valence-corrected chi connectivity index (χ0v) is 25.7. The fraction of sp³-hybridized carbons (Fsp3) is 0.724. The molecule has 2 rings (SSSR count). The van der Waals surface area contributed by atoms with Crippen molar-refractivity contribution >= 4 is 16.1 Å². The molecule has 0 bridgehead atoms. The van der Waals surface area contributed by atoms with Crippen molar-refractivity contribution in [2.24, 2.45) is 23.7 Å². The van der Waals surface area contributed by atoms with Gasteiger partial charge in [-0.25, -0.2) is 0 Å². The molecule has 0 spiro atoms. The third-order valence-corrected chi connectivity index (χ3v) is 13.1. The molecule has 6 atom stereocenters. The lowest BCUT2D eigenvalue weighted by Crippen LogP contribution is -2.67. The van der Waals surface area contributed by atoms with Crippen LogP contribution in [0, 0.1) is 23.7 Å². The average molecular weight is 505 g/mol. The van der Waals surface area contributed by atoms with Crippen LogP contribution in [-0.4, -0.2) is 46.3 Å². The number of hydrogen-bond acceptors (Lipinski definition) is 3. The van der Waals surface area contributed by atoms with Crippen LogP contribution >= 0.6 is 0 Å². The molecular formula is C29H52O3Si2. The Labute approximate surface area is 212 Å². The van der Waals surface area contributed by atoms with E-state index in [1.54, 1.807) is 0 Å². The second-order valence-electron chi connectivity index (χ2n) is 13.0. The predicted octanol–water partition coefficient (Wildman–Crippen LogP) is 7.34. The highest BCUT2D eigenvalue weighted by atomic mass is 28.3. The Morgan fingerprint density at radius 3 is 2.26 bits per heavy atom. The summed E-state index contributed by atoms with van der Waals surface area (Å²) in [6, 6.07) is 10.4. The summed E-state index contributed by atoms with van der Waals surface area (Å²) in [5.41, 5.74) is 0.252. The largest absolute Gasteiger partial charge is 0.387 e. The molecule has 5 heteroatoms. The minimum Gasteiger partial charge on any atom is -0.387 e. The van der Waals surface area contributed by atoms with Gasteiger partial charge in [0.05, 0.1) is 34.1 Å². The van der Waals surface area contributed by atoms with E-state index in [0.29, 0.717) is 19.1 Å². The smallest absolute Gasteiger partial charge is 0.0943 e. The second kappa shape index (κ2) is 12.0. The van der Waals surface area contributed by atoms with Crippen LogP contribution in [-0.2, 0) is 16.1 Å². The van der Waals surface area contributed by atoms with E-state index in [4.69, 9.17) is 9.47 Å². The summed E-state index contributed by atoms with van der Waals surface area (Å²) >= 11 is 0. The van der Waals surface area contributed by atoms with Crippen molar-refractivity contribution in [3.63, 3.8) is 0 Å². The lowest BCUT2D eigenvalue weighted by Gasteiger charge is -2.56. The quantitative estimate of drug-likeness (QED) is 0.320. The van der Waals surface area contributed by atoms with Gasteiger partial charge in [0.15, 0.2) is 0 Å². The molecule has 2 unspecified atom stereocenters. The topological polar surface area (TPSA) is 38.7 Å². The van der Waals surface area contributed by atoms with Crippen molar-refractivity contribution in [3.05, 3.63) is 47.2 Å². The Bertz CT molecular complexity index is 781. The van der Waals surface area contributed by atoms with Crippen molar-refractivity contribution in [1.29, 1.82) is 0 Å². The maximum Gasteiger partial charge on any atom is 0.0943 e. The number of hydrogen-bond donors (Lipinski definition) is 1. The second-order valence-corrected chi connectivity index (χ2v) is 23.5. The molecular weight excluding hydrogens is 452 g/mol. The number of aliphatic hydroxyl groups is 1. The van der Waals surface area contributed by atoms with Gasteiger partial charge in [-0.3, -0.25) is 0 Å². The van der Waals surface area contributed by atoms with E-state index in [9.17, 15) is 5.11 Å². The first-order chi connectivity index (χ1) is 15.7. The maximum atomic E-state index is 12.8. The van der Waals surface area contributed by atoms with Gasteiger partial charge in [0.2, 0.25) is 0 Å². The molecule has 0 aromatic heterocycles. The van der Waals surface area contributed by atoms with Crippen LogP contribution in [0.2, 0.25) is 39.3 Å². The molecule has 0 saturated heterocycles. The van der Waals surface area contributed by atoms with Gasteiger partial charge in [0, 0.05) is 13.7 Å². The van der Waals surface area contributed by atoms with Crippen molar-refractivity contribution in [2.75, 3.05) is 13.7 Å². The minimum absolute atomic E-state index is 0.102. The monoisotopic (exact) mass is 504 g/mol. The number of benzene rings is 1. The van der Waals surface area contributed by atoms with E-state index in [1.807, 2.05) is 13.2 Å². The van der Waals surface area contributed by atoms with Gasteiger partial charge < -0.3 is 14.6 Å². The molecule has 34 heavy (non-hydrogen) atoms. The molecule has 0 heterocycles. The average Bonchev–Trinajstić information content (AvgIpc) is 2.72. The van der Waals surface area contributed by atoms with E-state index in [2.05, 4.69) is 90.4 Å². The number of allylic oxidation sites excluding steroid dienone is 2. The lowest BCUT2D eigenvalue weighted by molar-refractivity contribution is -0.183. The minimum atomic E-state index is -1.81. The van der Waals surface area contributed by atoms with Gasteiger partial charge in [0.25, 0.3) is 0 Å². The third-order valence-electron chi connectivity index (χ3n) is 8.29.